The molecule has 0 aromatic carbocycles. The van der Waals surface area contributed by atoms with Crippen molar-refractivity contribution in [3.05, 3.63) is 10.9 Å². The van der Waals surface area contributed by atoms with Gasteiger partial charge in [-0.1, -0.05) is 0 Å². The van der Waals surface area contributed by atoms with E-state index in [9.17, 15) is 4.79 Å². The molecular formula is C13H19N3OS. The zero-order chi connectivity index (χ0) is 12.7. The van der Waals surface area contributed by atoms with Crippen LogP contribution in [0.25, 0.3) is 0 Å². The van der Waals surface area contributed by atoms with Gasteiger partial charge in [0, 0.05) is 25.0 Å². The molecule has 1 saturated heterocycles. The van der Waals surface area contributed by atoms with E-state index in [1.54, 1.807) is 11.3 Å². The molecule has 1 aromatic rings. The zero-order valence-electron chi connectivity index (χ0n) is 10.4. The van der Waals surface area contributed by atoms with Crippen molar-refractivity contribution >= 4 is 27.8 Å². The Hall–Kier alpha value is -1.07. The van der Waals surface area contributed by atoms with Crippen molar-refractivity contribution in [2.24, 2.45) is 11.7 Å². The number of thiophene rings is 1. The molecular weight excluding hydrogens is 246 g/mol. The maximum atomic E-state index is 12.1. The van der Waals surface area contributed by atoms with Gasteiger partial charge in [-0.15, -0.1) is 11.3 Å². The van der Waals surface area contributed by atoms with Gasteiger partial charge in [-0.2, -0.15) is 0 Å². The third-order valence-corrected chi connectivity index (χ3v) is 5.00. The van der Waals surface area contributed by atoms with Crippen molar-refractivity contribution < 1.29 is 4.79 Å². The second-order valence-corrected chi connectivity index (χ2v) is 6.36. The summed E-state index contributed by atoms with van der Waals surface area (Å²) in [6.45, 7) is 1.94. The first-order valence-electron chi connectivity index (χ1n) is 6.59. The van der Waals surface area contributed by atoms with Crippen molar-refractivity contribution in [3.8, 4) is 0 Å². The average molecular weight is 265 g/mol. The molecule has 1 aliphatic heterocycles. The second-order valence-electron chi connectivity index (χ2n) is 5.33. The van der Waals surface area contributed by atoms with Gasteiger partial charge in [0.05, 0.1) is 15.6 Å². The Morgan fingerprint density at radius 3 is 2.56 bits per heavy atom. The minimum absolute atomic E-state index is 0.244. The first-order valence-corrected chi connectivity index (χ1v) is 7.41. The number of hydrogen-bond acceptors (Lipinski definition) is 5. The number of ketones is 1. The molecule has 5 heteroatoms. The van der Waals surface area contributed by atoms with E-state index in [1.165, 1.54) is 0 Å². The van der Waals surface area contributed by atoms with E-state index in [2.05, 4.69) is 4.90 Å². The highest BCUT2D eigenvalue weighted by Gasteiger charge is 2.33. The number of hydrogen-bond donors (Lipinski definition) is 2. The first kappa shape index (κ1) is 12.0. The number of rotatable bonds is 3. The number of nitrogen functional groups attached to an aromatic ring is 1. The summed E-state index contributed by atoms with van der Waals surface area (Å²) in [5, 5.41) is 1.13. The molecule has 4 nitrogen and oxygen atoms in total. The molecule has 2 fully saturated rings. The molecule has 0 spiro atoms. The minimum Gasteiger partial charge on any atom is -0.397 e. The predicted octanol–water partition coefficient (Wildman–Crippen LogP) is 1.85. The van der Waals surface area contributed by atoms with Crippen LogP contribution in [0.4, 0.5) is 10.7 Å². The molecule has 18 heavy (non-hydrogen) atoms. The summed E-state index contributed by atoms with van der Waals surface area (Å²) in [4.78, 5) is 15.1. The van der Waals surface area contributed by atoms with E-state index >= 15 is 0 Å². The molecule has 0 radical (unpaired) electrons. The Labute approximate surface area is 111 Å². The van der Waals surface area contributed by atoms with Gasteiger partial charge in [-0.25, -0.2) is 0 Å². The highest BCUT2D eigenvalue weighted by Crippen LogP contribution is 2.40. The van der Waals surface area contributed by atoms with Crippen molar-refractivity contribution in [1.29, 1.82) is 0 Å². The standard InChI is InChI=1S/C13H19N3OS/c14-9-3-5-16(6-4-9)11-7-10(15)13(18-11)12(17)8-1-2-8/h7-9H,1-6,14-15H2. The number of carbonyl (C=O) groups excluding carboxylic acids is 1. The number of anilines is 2. The summed E-state index contributed by atoms with van der Waals surface area (Å²) in [5.41, 5.74) is 12.5. The van der Waals surface area contributed by atoms with Crippen LogP contribution in [-0.2, 0) is 0 Å². The fraction of sp³-hybridized carbons (Fsp3) is 0.615. The van der Waals surface area contributed by atoms with Crippen molar-refractivity contribution in [3.63, 3.8) is 0 Å². The maximum absolute atomic E-state index is 12.1. The molecule has 98 valence electrons. The normalized spacial score (nSPS) is 21.3. The monoisotopic (exact) mass is 265 g/mol. The van der Waals surface area contributed by atoms with Crippen LogP contribution in [0.2, 0.25) is 0 Å². The fourth-order valence-electron chi connectivity index (χ4n) is 2.39. The first-order chi connectivity index (χ1) is 8.65. The Morgan fingerprint density at radius 1 is 1.28 bits per heavy atom. The minimum atomic E-state index is 0.244. The highest BCUT2D eigenvalue weighted by molar-refractivity contribution is 7.18. The SMILES string of the molecule is Nc1cc(N2CCC(N)CC2)sc1C(=O)C1CC1. The molecule has 2 aliphatic rings. The third kappa shape index (κ3) is 2.24. The Bertz CT molecular complexity index is 459. The number of nitrogens with zero attached hydrogens (tertiary/aromatic N) is 1. The molecule has 1 saturated carbocycles. The van der Waals surface area contributed by atoms with Gasteiger partial charge in [-0.3, -0.25) is 4.79 Å². The summed E-state index contributed by atoms with van der Waals surface area (Å²) in [6, 6.07) is 2.28. The van der Waals surface area contributed by atoms with Gasteiger partial charge in [-0.05, 0) is 31.7 Å². The zero-order valence-corrected chi connectivity index (χ0v) is 11.2. The molecule has 0 atom stereocenters. The van der Waals surface area contributed by atoms with Crippen LogP contribution >= 0.6 is 11.3 Å². The van der Waals surface area contributed by atoms with E-state index in [0.717, 1.165) is 48.7 Å². The van der Waals surface area contributed by atoms with E-state index in [1.807, 2.05) is 6.07 Å². The van der Waals surface area contributed by atoms with Gasteiger partial charge in [0.2, 0.25) is 0 Å². The fourth-order valence-corrected chi connectivity index (χ4v) is 3.54. The lowest BCUT2D eigenvalue weighted by Crippen LogP contribution is -2.39. The smallest absolute Gasteiger partial charge is 0.178 e. The van der Waals surface area contributed by atoms with Crippen molar-refractivity contribution in [2.75, 3.05) is 23.7 Å². The number of nitrogens with two attached hydrogens (primary N) is 2. The summed E-state index contributed by atoms with van der Waals surface area (Å²) < 4.78 is 0. The number of carbonyl (C=O) groups is 1. The molecule has 4 N–H and O–H groups in total. The molecule has 3 rings (SSSR count). The molecule has 1 aliphatic carbocycles. The van der Waals surface area contributed by atoms with Crippen LogP contribution in [0, 0.1) is 5.92 Å². The van der Waals surface area contributed by atoms with Gasteiger partial charge in [0.25, 0.3) is 0 Å². The average Bonchev–Trinajstić information content (AvgIpc) is 3.13. The second kappa shape index (κ2) is 4.55. The van der Waals surface area contributed by atoms with Crippen LogP contribution in [0.1, 0.15) is 35.4 Å². The van der Waals surface area contributed by atoms with Crippen molar-refractivity contribution in [1.82, 2.24) is 0 Å². The number of Topliss-reactive ketones (excluding diaryl/α,β-unsaturated/α-hetero) is 1. The van der Waals surface area contributed by atoms with Gasteiger partial charge >= 0.3 is 0 Å². The third-order valence-electron chi connectivity index (χ3n) is 3.77. The van der Waals surface area contributed by atoms with E-state index in [0.29, 0.717) is 11.7 Å². The predicted molar refractivity (Wildman–Crippen MR) is 75.2 cm³/mol. The topological polar surface area (TPSA) is 72.3 Å². The summed E-state index contributed by atoms with van der Waals surface area (Å²) in [5.74, 6) is 0.492. The van der Waals surface area contributed by atoms with Crippen LogP contribution < -0.4 is 16.4 Å². The lowest BCUT2D eigenvalue weighted by Gasteiger charge is -2.30. The largest absolute Gasteiger partial charge is 0.397 e. The Morgan fingerprint density at radius 2 is 1.94 bits per heavy atom. The van der Waals surface area contributed by atoms with Gasteiger partial charge in [0.15, 0.2) is 5.78 Å². The van der Waals surface area contributed by atoms with Gasteiger partial charge < -0.3 is 16.4 Å². The van der Waals surface area contributed by atoms with E-state index < -0.39 is 0 Å². The van der Waals surface area contributed by atoms with Crippen LogP contribution in [0.3, 0.4) is 0 Å². The van der Waals surface area contributed by atoms with E-state index in [-0.39, 0.29) is 11.7 Å². The van der Waals surface area contributed by atoms with E-state index in [4.69, 9.17) is 11.5 Å². The summed E-state index contributed by atoms with van der Waals surface area (Å²) in [7, 11) is 0. The summed E-state index contributed by atoms with van der Waals surface area (Å²) in [6.07, 6.45) is 4.10. The highest BCUT2D eigenvalue weighted by atomic mass is 32.1. The van der Waals surface area contributed by atoms with Crippen LogP contribution in [0.15, 0.2) is 6.07 Å². The van der Waals surface area contributed by atoms with Crippen LogP contribution in [-0.4, -0.2) is 24.9 Å². The Balaban J connectivity index is 1.77. The molecule has 2 heterocycles. The Kier molecular flexibility index (Phi) is 3.03. The summed E-state index contributed by atoms with van der Waals surface area (Å²) >= 11 is 1.55. The molecule has 1 aromatic heterocycles. The molecule has 0 amide bonds. The lowest BCUT2D eigenvalue weighted by molar-refractivity contribution is 0.0972. The lowest BCUT2D eigenvalue weighted by atomic mass is 10.1. The van der Waals surface area contributed by atoms with Crippen LogP contribution in [0.5, 0.6) is 0 Å². The van der Waals surface area contributed by atoms with Crippen molar-refractivity contribution in [2.45, 2.75) is 31.7 Å². The molecule has 0 unspecified atom stereocenters. The van der Waals surface area contributed by atoms with Gasteiger partial charge in [0.1, 0.15) is 0 Å². The number of piperidine rings is 1. The maximum Gasteiger partial charge on any atom is 0.178 e. The molecule has 0 bridgehead atoms. The quantitative estimate of drug-likeness (QED) is 0.818.